The third-order valence-corrected chi connectivity index (χ3v) is 3.51. The van der Waals surface area contributed by atoms with E-state index in [4.69, 9.17) is 10.5 Å². The van der Waals surface area contributed by atoms with Crippen LogP contribution in [0, 0.1) is 10.5 Å². The first-order valence-electron chi connectivity index (χ1n) is 5.57. The molecule has 0 atom stereocenters. The first kappa shape index (κ1) is 13.0. The van der Waals surface area contributed by atoms with Crippen LogP contribution in [-0.4, -0.2) is 7.11 Å². The Morgan fingerprint density at radius 3 is 2.56 bits per heavy atom. The van der Waals surface area contributed by atoms with Crippen molar-refractivity contribution in [3.05, 3.63) is 45.5 Å². The van der Waals surface area contributed by atoms with Crippen LogP contribution in [0.1, 0.15) is 5.56 Å². The van der Waals surface area contributed by atoms with Gasteiger partial charge in [0.05, 0.1) is 18.5 Å². The molecule has 0 aliphatic carbocycles. The highest BCUT2D eigenvalue weighted by molar-refractivity contribution is 14.1. The lowest BCUT2D eigenvalue weighted by molar-refractivity contribution is 0.416. The zero-order chi connectivity index (χ0) is 13.1. The number of rotatable bonds is 3. The van der Waals surface area contributed by atoms with E-state index in [2.05, 4.69) is 40.9 Å². The molecule has 4 heteroatoms. The molecular formula is C14H15IN2O. The Hall–Kier alpha value is -1.43. The number of aryl methyl sites for hydroxylation is 1. The monoisotopic (exact) mass is 354 g/mol. The topological polar surface area (TPSA) is 47.3 Å². The Kier molecular flexibility index (Phi) is 3.96. The first-order valence-corrected chi connectivity index (χ1v) is 6.64. The molecule has 0 aliphatic heterocycles. The molecule has 0 fully saturated rings. The van der Waals surface area contributed by atoms with Crippen LogP contribution in [0.5, 0.6) is 5.75 Å². The summed E-state index contributed by atoms with van der Waals surface area (Å²) in [6.07, 6.45) is 0. The van der Waals surface area contributed by atoms with Crippen LogP contribution in [0.2, 0.25) is 0 Å². The van der Waals surface area contributed by atoms with Crippen LogP contribution in [0.25, 0.3) is 0 Å². The van der Waals surface area contributed by atoms with Gasteiger partial charge in [-0.05, 0) is 65.4 Å². The summed E-state index contributed by atoms with van der Waals surface area (Å²) in [6, 6.07) is 11.8. The van der Waals surface area contributed by atoms with E-state index >= 15 is 0 Å². The summed E-state index contributed by atoms with van der Waals surface area (Å²) < 4.78 is 6.43. The molecule has 0 radical (unpaired) electrons. The molecule has 0 heterocycles. The number of hydrogen-bond acceptors (Lipinski definition) is 3. The molecule has 3 nitrogen and oxygen atoms in total. The zero-order valence-corrected chi connectivity index (χ0v) is 12.5. The van der Waals surface area contributed by atoms with Gasteiger partial charge in [0.1, 0.15) is 5.75 Å². The van der Waals surface area contributed by atoms with Crippen LogP contribution >= 0.6 is 22.6 Å². The number of hydrogen-bond donors (Lipinski definition) is 2. The zero-order valence-electron chi connectivity index (χ0n) is 10.3. The predicted molar refractivity (Wildman–Crippen MR) is 84.6 cm³/mol. The smallest absolute Gasteiger partial charge is 0.142 e. The highest BCUT2D eigenvalue weighted by Crippen LogP contribution is 2.31. The van der Waals surface area contributed by atoms with Crippen molar-refractivity contribution < 1.29 is 4.74 Å². The second kappa shape index (κ2) is 5.48. The third-order valence-electron chi connectivity index (χ3n) is 2.62. The van der Waals surface area contributed by atoms with Crippen molar-refractivity contribution in [2.24, 2.45) is 0 Å². The van der Waals surface area contributed by atoms with E-state index in [0.717, 1.165) is 26.4 Å². The number of benzene rings is 2. The fraction of sp³-hybridized carbons (Fsp3) is 0.143. The Balaban J connectivity index is 2.36. The molecule has 0 saturated carbocycles. The maximum absolute atomic E-state index is 5.74. The van der Waals surface area contributed by atoms with Gasteiger partial charge in [-0.25, -0.2) is 0 Å². The molecule has 0 saturated heterocycles. The molecule has 3 N–H and O–H groups in total. The number of nitrogen functional groups attached to an aromatic ring is 1. The average Bonchev–Trinajstić information content (AvgIpc) is 2.33. The van der Waals surface area contributed by atoms with Gasteiger partial charge in [0.15, 0.2) is 0 Å². The summed E-state index contributed by atoms with van der Waals surface area (Å²) in [5, 5.41) is 3.37. The Morgan fingerprint density at radius 2 is 1.89 bits per heavy atom. The van der Waals surface area contributed by atoms with Gasteiger partial charge in [0.2, 0.25) is 0 Å². The van der Waals surface area contributed by atoms with Crippen molar-refractivity contribution >= 4 is 39.7 Å². The minimum atomic E-state index is 0.765. The fourth-order valence-electron chi connectivity index (χ4n) is 1.70. The van der Waals surface area contributed by atoms with Crippen molar-refractivity contribution in [2.75, 3.05) is 18.2 Å². The summed E-state index contributed by atoms with van der Waals surface area (Å²) in [7, 11) is 1.67. The average molecular weight is 354 g/mol. The highest BCUT2D eigenvalue weighted by atomic mass is 127. The van der Waals surface area contributed by atoms with E-state index in [1.165, 1.54) is 5.56 Å². The Labute approximate surface area is 120 Å². The van der Waals surface area contributed by atoms with E-state index in [9.17, 15) is 0 Å². The lowest BCUT2D eigenvalue weighted by Crippen LogP contribution is -1.97. The number of nitrogens with two attached hydrogens (primary N) is 1. The largest absolute Gasteiger partial charge is 0.495 e. The molecule has 2 aromatic rings. The lowest BCUT2D eigenvalue weighted by atomic mass is 10.2. The predicted octanol–water partition coefficient (Wildman–Crippen LogP) is 3.93. The van der Waals surface area contributed by atoms with Gasteiger partial charge in [0, 0.05) is 9.26 Å². The van der Waals surface area contributed by atoms with Crippen molar-refractivity contribution in [2.45, 2.75) is 6.92 Å². The summed E-state index contributed by atoms with van der Waals surface area (Å²) in [4.78, 5) is 0. The van der Waals surface area contributed by atoms with Gasteiger partial charge in [0.25, 0.3) is 0 Å². The molecule has 0 amide bonds. The second-order valence-corrected chi connectivity index (χ2v) is 5.23. The summed E-state index contributed by atoms with van der Waals surface area (Å²) in [5.74, 6) is 0.827. The molecule has 2 rings (SSSR count). The highest BCUT2D eigenvalue weighted by Gasteiger charge is 2.06. The lowest BCUT2D eigenvalue weighted by Gasteiger charge is -2.13. The van der Waals surface area contributed by atoms with Crippen molar-refractivity contribution in [3.63, 3.8) is 0 Å². The fourth-order valence-corrected chi connectivity index (χ4v) is 2.37. The van der Waals surface area contributed by atoms with Crippen LogP contribution < -0.4 is 15.8 Å². The number of halogens is 1. The molecule has 18 heavy (non-hydrogen) atoms. The summed E-state index contributed by atoms with van der Waals surface area (Å²) >= 11 is 2.26. The molecule has 0 aromatic heterocycles. The summed E-state index contributed by atoms with van der Waals surface area (Å²) in [6.45, 7) is 2.05. The molecule has 0 spiro atoms. The molecule has 0 bridgehead atoms. The standard InChI is InChI=1S/C14H15IN2O/c1-9-3-6-14(18-2)13(7-9)17-12-5-4-10(16)8-11(12)15/h3-8,17H,16H2,1-2H3. The number of anilines is 3. The number of ether oxygens (including phenoxy) is 1. The van der Waals surface area contributed by atoms with Crippen molar-refractivity contribution in [1.82, 2.24) is 0 Å². The van der Waals surface area contributed by atoms with Gasteiger partial charge >= 0.3 is 0 Å². The van der Waals surface area contributed by atoms with Crippen LogP contribution in [-0.2, 0) is 0 Å². The summed E-state index contributed by atoms with van der Waals surface area (Å²) in [5.41, 5.74) is 9.67. The second-order valence-electron chi connectivity index (χ2n) is 4.07. The van der Waals surface area contributed by atoms with E-state index in [1.54, 1.807) is 7.11 Å². The quantitative estimate of drug-likeness (QED) is 0.649. The van der Waals surface area contributed by atoms with Crippen LogP contribution in [0.15, 0.2) is 36.4 Å². The molecule has 0 aliphatic rings. The SMILES string of the molecule is COc1ccc(C)cc1Nc1ccc(N)cc1I. The van der Waals surface area contributed by atoms with Gasteiger partial charge < -0.3 is 15.8 Å². The number of methoxy groups -OCH3 is 1. The Morgan fingerprint density at radius 1 is 1.11 bits per heavy atom. The maximum Gasteiger partial charge on any atom is 0.142 e. The molecule has 94 valence electrons. The first-order chi connectivity index (χ1) is 8.60. The van der Waals surface area contributed by atoms with E-state index < -0.39 is 0 Å². The van der Waals surface area contributed by atoms with Crippen LogP contribution in [0.4, 0.5) is 17.1 Å². The third kappa shape index (κ3) is 2.87. The normalized spacial score (nSPS) is 10.2. The van der Waals surface area contributed by atoms with E-state index in [0.29, 0.717) is 0 Å². The minimum absolute atomic E-state index is 0.765. The molecular weight excluding hydrogens is 339 g/mol. The number of nitrogens with one attached hydrogen (secondary N) is 1. The van der Waals surface area contributed by atoms with E-state index in [1.807, 2.05) is 30.3 Å². The van der Waals surface area contributed by atoms with Crippen molar-refractivity contribution in [1.29, 1.82) is 0 Å². The molecule has 0 unspecified atom stereocenters. The van der Waals surface area contributed by atoms with Crippen LogP contribution in [0.3, 0.4) is 0 Å². The van der Waals surface area contributed by atoms with Gasteiger partial charge in [-0.15, -0.1) is 0 Å². The Bertz CT molecular complexity index is 570. The maximum atomic E-state index is 5.74. The minimum Gasteiger partial charge on any atom is -0.495 e. The van der Waals surface area contributed by atoms with Crippen molar-refractivity contribution in [3.8, 4) is 5.75 Å². The van der Waals surface area contributed by atoms with Gasteiger partial charge in [-0.2, -0.15) is 0 Å². The van der Waals surface area contributed by atoms with Gasteiger partial charge in [-0.3, -0.25) is 0 Å². The molecule has 2 aromatic carbocycles. The van der Waals surface area contributed by atoms with E-state index in [-0.39, 0.29) is 0 Å². The van der Waals surface area contributed by atoms with Gasteiger partial charge in [-0.1, -0.05) is 6.07 Å².